The lowest BCUT2D eigenvalue weighted by atomic mass is 10.0. The van der Waals surface area contributed by atoms with E-state index in [0.29, 0.717) is 0 Å². The molecule has 2 aromatic rings. The van der Waals surface area contributed by atoms with Gasteiger partial charge in [0.2, 0.25) is 0 Å². The monoisotopic (exact) mass is 182 g/mol. The van der Waals surface area contributed by atoms with Gasteiger partial charge in [-0.25, -0.2) is 0 Å². The maximum atomic E-state index is 8.77. The van der Waals surface area contributed by atoms with Crippen molar-refractivity contribution in [2.24, 2.45) is 5.73 Å². The molecule has 2 N–H and O–H groups in total. The highest BCUT2D eigenvalue weighted by Gasteiger charge is 2.07. The number of nitrogens with zero attached hydrogens (tertiary/aromatic N) is 1. The average molecular weight is 182 g/mol. The van der Waals surface area contributed by atoms with Crippen molar-refractivity contribution >= 4 is 10.8 Å². The highest BCUT2D eigenvalue weighted by molar-refractivity contribution is 5.86. The van der Waals surface area contributed by atoms with Gasteiger partial charge in [-0.3, -0.25) is 0 Å². The van der Waals surface area contributed by atoms with Gasteiger partial charge in [0.05, 0.1) is 6.07 Å². The van der Waals surface area contributed by atoms with Crippen LogP contribution >= 0.6 is 0 Å². The average Bonchev–Trinajstić information content (AvgIpc) is 2.27. The summed E-state index contributed by atoms with van der Waals surface area (Å²) < 4.78 is 0. The zero-order valence-electron chi connectivity index (χ0n) is 7.64. The first-order valence-electron chi connectivity index (χ1n) is 4.46. The molecular formula is C12H10N2. The van der Waals surface area contributed by atoms with Gasteiger partial charge in [0.15, 0.2) is 0 Å². The molecule has 0 saturated carbocycles. The van der Waals surface area contributed by atoms with Crippen LogP contribution in [0.5, 0.6) is 0 Å². The van der Waals surface area contributed by atoms with Gasteiger partial charge < -0.3 is 5.73 Å². The van der Waals surface area contributed by atoms with Crippen LogP contribution in [0.2, 0.25) is 0 Å². The normalized spacial score (nSPS) is 12.3. The van der Waals surface area contributed by atoms with Gasteiger partial charge >= 0.3 is 0 Å². The summed E-state index contributed by atoms with van der Waals surface area (Å²) in [4.78, 5) is 0. The lowest BCUT2D eigenvalue weighted by molar-refractivity contribution is 0.937. The number of nitrogens with two attached hydrogens (primary N) is 1. The van der Waals surface area contributed by atoms with Crippen molar-refractivity contribution in [1.82, 2.24) is 0 Å². The third-order valence-electron chi connectivity index (χ3n) is 2.30. The fourth-order valence-electron chi connectivity index (χ4n) is 1.59. The number of fused-ring (bicyclic) bond motifs is 1. The predicted molar refractivity (Wildman–Crippen MR) is 56.5 cm³/mol. The first-order valence-corrected chi connectivity index (χ1v) is 4.46. The fraction of sp³-hybridized carbons (Fsp3) is 0.0833. The van der Waals surface area contributed by atoms with Gasteiger partial charge in [-0.15, -0.1) is 0 Å². The lowest BCUT2D eigenvalue weighted by Crippen LogP contribution is -2.07. The van der Waals surface area contributed by atoms with Crippen molar-refractivity contribution in [2.75, 3.05) is 0 Å². The molecule has 2 heteroatoms. The summed E-state index contributed by atoms with van der Waals surface area (Å²) in [7, 11) is 0. The van der Waals surface area contributed by atoms with Gasteiger partial charge in [-0.2, -0.15) is 5.26 Å². The largest absolute Gasteiger partial charge is 0.312 e. The fourth-order valence-corrected chi connectivity index (χ4v) is 1.59. The Balaban J connectivity index is 2.72. The Morgan fingerprint density at radius 3 is 2.57 bits per heavy atom. The number of hydrogen-bond donors (Lipinski definition) is 1. The van der Waals surface area contributed by atoms with E-state index in [1.165, 1.54) is 0 Å². The van der Waals surface area contributed by atoms with Crippen LogP contribution in [0.1, 0.15) is 11.6 Å². The maximum Gasteiger partial charge on any atom is 0.119 e. The Morgan fingerprint density at radius 2 is 1.79 bits per heavy atom. The second-order valence-corrected chi connectivity index (χ2v) is 3.18. The molecule has 2 rings (SSSR count). The molecule has 0 fully saturated rings. The minimum atomic E-state index is -0.541. The molecule has 0 aliphatic rings. The molecule has 0 aliphatic heterocycles. The van der Waals surface area contributed by atoms with Crippen LogP contribution in [0.25, 0.3) is 10.8 Å². The van der Waals surface area contributed by atoms with Crippen molar-refractivity contribution < 1.29 is 0 Å². The second-order valence-electron chi connectivity index (χ2n) is 3.18. The highest BCUT2D eigenvalue weighted by Crippen LogP contribution is 2.22. The zero-order chi connectivity index (χ0) is 9.97. The van der Waals surface area contributed by atoms with Crippen molar-refractivity contribution in [3.05, 3.63) is 48.0 Å². The standard InChI is InChI=1S/C12H10N2/c13-8-12(14)11-7-3-5-9-4-1-2-6-10(9)11/h1-7,12H,14H2/t12-/m1/s1. The van der Waals surface area contributed by atoms with E-state index < -0.39 is 6.04 Å². The van der Waals surface area contributed by atoms with Crippen LogP contribution in [0.3, 0.4) is 0 Å². The Labute approximate surface area is 82.6 Å². The lowest BCUT2D eigenvalue weighted by Gasteiger charge is -2.07. The SMILES string of the molecule is N#C[C@@H](N)c1cccc2ccccc12. The topological polar surface area (TPSA) is 49.8 Å². The summed E-state index contributed by atoms with van der Waals surface area (Å²) in [5.41, 5.74) is 6.59. The first kappa shape index (κ1) is 8.74. The zero-order valence-corrected chi connectivity index (χ0v) is 7.64. The van der Waals surface area contributed by atoms with Crippen LogP contribution < -0.4 is 5.73 Å². The molecule has 2 nitrogen and oxygen atoms in total. The molecule has 2 aromatic carbocycles. The molecule has 0 heterocycles. The van der Waals surface area contributed by atoms with E-state index >= 15 is 0 Å². The van der Waals surface area contributed by atoms with E-state index in [1.807, 2.05) is 42.5 Å². The molecule has 0 unspecified atom stereocenters. The molecule has 0 aliphatic carbocycles. The predicted octanol–water partition coefficient (Wildman–Crippen LogP) is 2.36. The van der Waals surface area contributed by atoms with Gasteiger partial charge in [0, 0.05) is 0 Å². The van der Waals surface area contributed by atoms with Crippen LogP contribution in [0.4, 0.5) is 0 Å². The molecule has 0 saturated heterocycles. The van der Waals surface area contributed by atoms with Crippen LogP contribution in [-0.2, 0) is 0 Å². The number of nitriles is 1. The quantitative estimate of drug-likeness (QED) is 0.736. The van der Waals surface area contributed by atoms with E-state index in [-0.39, 0.29) is 0 Å². The summed E-state index contributed by atoms with van der Waals surface area (Å²) in [6, 6.07) is 15.3. The summed E-state index contributed by atoms with van der Waals surface area (Å²) in [5.74, 6) is 0. The van der Waals surface area contributed by atoms with E-state index in [1.54, 1.807) is 0 Å². The molecule has 68 valence electrons. The van der Waals surface area contributed by atoms with Crippen LogP contribution in [0, 0.1) is 11.3 Å². The Bertz CT molecular complexity index is 492. The third kappa shape index (κ3) is 1.34. The molecule has 14 heavy (non-hydrogen) atoms. The van der Waals surface area contributed by atoms with E-state index in [9.17, 15) is 0 Å². The van der Waals surface area contributed by atoms with Gasteiger partial charge in [-0.05, 0) is 16.3 Å². The second kappa shape index (κ2) is 3.49. The minimum Gasteiger partial charge on any atom is -0.312 e. The smallest absolute Gasteiger partial charge is 0.119 e. The maximum absolute atomic E-state index is 8.77. The van der Waals surface area contributed by atoms with Gasteiger partial charge in [0.25, 0.3) is 0 Å². The van der Waals surface area contributed by atoms with E-state index in [2.05, 4.69) is 6.07 Å². The van der Waals surface area contributed by atoms with Crippen molar-refractivity contribution in [3.8, 4) is 6.07 Å². The summed E-state index contributed by atoms with van der Waals surface area (Å²) >= 11 is 0. The summed E-state index contributed by atoms with van der Waals surface area (Å²) in [5, 5.41) is 11.0. The Kier molecular flexibility index (Phi) is 2.18. The third-order valence-corrected chi connectivity index (χ3v) is 2.30. The first-order chi connectivity index (χ1) is 6.83. The highest BCUT2D eigenvalue weighted by atomic mass is 14.6. The van der Waals surface area contributed by atoms with Crippen molar-refractivity contribution in [3.63, 3.8) is 0 Å². The summed E-state index contributed by atoms with van der Waals surface area (Å²) in [6.07, 6.45) is 0. The van der Waals surface area contributed by atoms with Crippen molar-refractivity contribution in [2.45, 2.75) is 6.04 Å². The molecular weight excluding hydrogens is 172 g/mol. The van der Waals surface area contributed by atoms with Crippen LogP contribution in [-0.4, -0.2) is 0 Å². The van der Waals surface area contributed by atoms with Crippen LogP contribution in [0.15, 0.2) is 42.5 Å². The van der Waals surface area contributed by atoms with Crippen molar-refractivity contribution in [1.29, 1.82) is 5.26 Å². The Hall–Kier alpha value is -1.85. The summed E-state index contributed by atoms with van der Waals surface area (Å²) in [6.45, 7) is 0. The molecule has 0 amide bonds. The number of rotatable bonds is 1. The van der Waals surface area contributed by atoms with E-state index in [4.69, 9.17) is 11.0 Å². The Morgan fingerprint density at radius 1 is 1.07 bits per heavy atom. The number of hydrogen-bond acceptors (Lipinski definition) is 2. The molecule has 0 spiro atoms. The number of benzene rings is 2. The molecule has 0 radical (unpaired) electrons. The van der Waals surface area contributed by atoms with Gasteiger partial charge in [0.1, 0.15) is 6.04 Å². The minimum absolute atomic E-state index is 0.541. The molecule has 0 aromatic heterocycles. The molecule has 1 atom stereocenters. The molecule has 0 bridgehead atoms. The van der Waals surface area contributed by atoms with Gasteiger partial charge in [-0.1, -0.05) is 42.5 Å². The van der Waals surface area contributed by atoms with E-state index in [0.717, 1.165) is 16.3 Å².